The number of nitro benzene ring substituents is 1. The lowest BCUT2D eigenvalue weighted by molar-refractivity contribution is -0.385. The van der Waals surface area contributed by atoms with Gasteiger partial charge in [-0.1, -0.05) is 12.0 Å². The molecule has 1 N–H and O–H groups in total. The fourth-order valence-electron chi connectivity index (χ4n) is 1.24. The quantitative estimate of drug-likeness (QED) is 0.360. The van der Waals surface area contributed by atoms with Gasteiger partial charge in [0.2, 0.25) is 0 Å². The standard InChI is InChI=1S/C11H7NO5/c13-5-1-2-8-3-4-9(7-11(14)15)10(6-8)12(16)17/h3-6H,7H2,(H,14,15). The van der Waals surface area contributed by atoms with Crippen molar-refractivity contribution in [3.8, 4) is 11.8 Å². The molecule has 0 spiro atoms. The third kappa shape index (κ3) is 3.43. The number of hydrogen-bond acceptors (Lipinski definition) is 4. The van der Waals surface area contributed by atoms with Crippen LogP contribution >= 0.6 is 0 Å². The van der Waals surface area contributed by atoms with Crippen molar-refractivity contribution in [3.05, 3.63) is 39.4 Å². The second-order valence-corrected chi connectivity index (χ2v) is 3.06. The van der Waals surface area contributed by atoms with Gasteiger partial charge in [0.05, 0.1) is 11.3 Å². The van der Waals surface area contributed by atoms with Gasteiger partial charge < -0.3 is 5.11 Å². The van der Waals surface area contributed by atoms with Crippen LogP contribution in [0.1, 0.15) is 11.1 Å². The Bertz CT molecular complexity index is 539. The number of aldehydes is 1. The molecule has 0 aromatic heterocycles. The van der Waals surface area contributed by atoms with Gasteiger partial charge in [0, 0.05) is 17.2 Å². The van der Waals surface area contributed by atoms with Crippen molar-refractivity contribution in [1.29, 1.82) is 0 Å². The lowest BCUT2D eigenvalue weighted by atomic mass is 10.1. The van der Waals surface area contributed by atoms with E-state index in [2.05, 4.69) is 11.8 Å². The van der Waals surface area contributed by atoms with E-state index in [4.69, 9.17) is 5.11 Å². The molecule has 6 heteroatoms. The highest BCUT2D eigenvalue weighted by molar-refractivity contribution is 5.75. The van der Waals surface area contributed by atoms with Crippen molar-refractivity contribution in [2.45, 2.75) is 6.42 Å². The molecule has 1 aromatic carbocycles. The molecule has 0 fully saturated rings. The van der Waals surface area contributed by atoms with Crippen LogP contribution in [0.5, 0.6) is 0 Å². The average Bonchev–Trinajstić information content (AvgIpc) is 2.26. The molecule has 0 atom stereocenters. The van der Waals surface area contributed by atoms with Crippen LogP contribution < -0.4 is 0 Å². The molecule has 0 radical (unpaired) electrons. The van der Waals surface area contributed by atoms with Crippen LogP contribution in [0, 0.1) is 22.0 Å². The molecule has 1 aromatic rings. The number of nitrogens with zero attached hydrogens (tertiary/aromatic N) is 1. The Morgan fingerprint density at radius 1 is 1.53 bits per heavy atom. The summed E-state index contributed by atoms with van der Waals surface area (Å²) >= 11 is 0. The summed E-state index contributed by atoms with van der Waals surface area (Å²) in [5, 5.41) is 19.3. The van der Waals surface area contributed by atoms with Gasteiger partial charge in [-0.15, -0.1) is 0 Å². The minimum Gasteiger partial charge on any atom is -0.481 e. The zero-order valence-corrected chi connectivity index (χ0v) is 8.54. The summed E-state index contributed by atoms with van der Waals surface area (Å²) in [5.41, 5.74) is 0.0715. The van der Waals surface area contributed by atoms with E-state index in [0.717, 1.165) is 6.07 Å². The van der Waals surface area contributed by atoms with Crippen molar-refractivity contribution in [3.63, 3.8) is 0 Å². The maximum absolute atomic E-state index is 10.7. The van der Waals surface area contributed by atoms with E-state index >= 15 is 0 Å². The van der Waals surface area contributed by atoms with Crippen molar-refractivity contribution < 1.29 is 19.6 Å². The van der Waals surface area contributed by atoms with Gasteiger partial charge in [-0.05, 0) is 12.0 Å². The van der Waals surface area contributed by atoms with Gasteiger partial charge in [-0.2, -0.15) is 0 Å². The van der Waals surface area contributed by atoms with E-state index in [-0.39, 0.29) is 16.8 Å². The molecule has 1 rings (SSSR count). The number of carboxylic acids is 1. The molecule has 0 aliphatic heterocycles. The molecule has 0 aliphatic rings. The van der Waals surface area contributed by atoms with Gasteiger partial charge >= 0.3 is 5.97 Å². The van der Waals surface area contributed by atoms with Crippen LogP contribution in [0.4, 0.5) is 5.69 Å². The van der Waals surface area contributed by atoms with E-state index in [0.29, 0.717) is 6.29 Å². The number of benzene rings is 1. The Labute approximate surface area is 96.0 Å². The maximum atomic E-state index is 10.7. The second-order valence-electron chi connectivity index (χ2n) is 3.06. The molecular formula is C11H7NO5. The van der Waals surface area contributed by atoms with Gasteiger partial charge in [0.1, 0.15) is 0 Å². The normalized spacial score (nSPS) is 8.94. The highest BCUT2D eigenvalue weighted by Crippen LogP contribution is 2.20. The lowest BCUT2D eigenvalue weighted by Gasteiger charge is -2.00. The number of nitro groups is 1. The first-order chi connectivity index (χ1) is 8.04. The molecule has 86 valence electrons. The van der Waals surface area contributed by atoms with E-state index in [9.17, 15) is 19.7 Å². The van der Waals surface area contributed by atoms with Gasteiger partial charge in [0.25, 0.3) is 5.69 Å². The van der Waals surface area contributed by atoms with Crippen LogP contribution in [-0.4, -0.2) is 22.3 Å². The van der Waals surface area contributed by atoms with Gasteiger partial charge in [-0.3, -0.25) is 19.7 Å². The van der Waals surface area contributed by atoms with Crippen LogP contribution in [0.25, 0.3) is 0 Å². The molecule has 0 unspecified atom stereocenters. The average molecular weight is 233 g/mol. The summed E-state index contributed by atoms with van der Waals surface area (Å²) in [4.78, 5) is 30.6. The summed E-state index contributed by atoms with van der Waals surface area (Å²) in [5.74, 6) is 3.37. The SMILES string of the molecule is O=CC#Cc1ccc(CC(=O)O)c([N+](=O)[O-])c1. The molecule has 0 saturated carbocycles. The summed E-state index contributed by atoms with van der Waals surface area (Å²) in [6.07, 6.45) is -0.0608. The van der Waals surface area contributed by atoms with Crippen LogP contribution in [0.3, 0.4) is 0 Å². The predicted octanol–water partition coefficient (Wildman–Crippen LogP) is 0.772. The van der Waals surface area contributed by atoms with E-state index < -0.39 is 17.3 Å². The third-order valence-corrected chi connectivity index (χ3v) is 1.90. The molecule has 0 bridgehead atoms. The largest absolute Gasteiger partial charge is 0.481 e. The molecule has 6 nitrogen and oxygen atoms in total. The van der Waals surface area contributed by atoms with Crippen LogP contribution in [0.15, 0.2) is 18.2 Å². The third-order valence-electron chi connectivity index (χ3n) is 1.90. The second kappa shape index (κ2) is 5.42. The topological polar surface area (TPSA) is 97.5 Å². The fraction of sp³-hybridized carbons (Fsp3) is 0.0909. The Balaban J connectivity index is 3.21. The molecule has 0 heterocycles. The first kappa shape index (κ1) is 12.4. The zero-order chi connectivity index (χ0) is 12.8. The minimum absolute atomic E-state index is 0.0964. The highest BCUT2D eigenvalue weighted by Gasteiger charge is 2.16. The van der Waals surface area contributed by atoms with Crippen molar-refractivity contribution >= 4 is 17.9 Å². The Hall–Kier alpha value is -2.68. The van der Waals surface area contributed by atoms with E-state index in [1.54, 1.807) is 0 Å². The summed E-state index contributed by atoms with van der Waals surface area (Å²) in [7, 11) is 0. The lowest BCUT2D eigenvalue weighted by Crippen LogP contribution is -2.04. The first-order valence-electron chi connectivity index (χ1n) is 4.49. The molecular weight excluding hydrogens is 226 g/mol. The minimum atomic E-state index is -1.15. The number of carbonyl (C=O) groups excluding carboxylic acids is 1. The van der Waals surface area contributed by atoms with E-state index in [1.165, 1.54) is 12.1 Å². The van der Waals surface area contributed by atoms with Crippen molar-refractivity contribution in [1.82, 2.24) is 0 Å². The van der Waals surface area contributed by atoms with E-state index in [1.807, 2.05) is 0 Å². The molecule has 0 saturated heterocycles. The molecule has 17 heavy (non-hydrogen) atoms. The monoisotopic (exact) mass is 233 g/mol. The van der Waals surface area contributed by atoms with Gasteiger partial charge in [0.15, 0.2) is 6.29 Å². The van der Waals surface area contributed by atoms with Crippen molar-refractivity contribution in [2.75, 3.05) is 0 Å². The Morgan fingerprint density at radius 3 is 2.76 bits per heavy atom. The van der Waals surface area contributed by atoms with Crippen LogP contribution in [0.2, 0.25) is 0 Å². The van der Waals surface area contributed by atoms with Crippen LogP contribution in [-0.2, 0) is 16.0 Å². The smallest absolute Gasteiger partial charge is 0.308 e. The number of rotatable bonds is 3. The van der Waals surface area contributed by atoms with Gasteiger partial charge in [-0.25, -0.2) is 0 Å². The zero-order valence-electron chi connectivity index (χ0n) is 8.54. The highest BCUT2D eigenvalue weighted by atomic mass is 16.6. The fourth-order valence-corrected chi connectivity index (χ4v) is 1.24. The summed E-state index contributed by atoms with van der Waals surface area (Å²) < 4.78 is 0. The number of hydrogen-bond donors (Lipinski definition) is 1. The predicted molar refractivity (Wildman–Crippen MR) is 57.4 cm³/mol. The maximum Gasteiger partial charge on any atom is 0.308 e. The Morgan fingerprint density at radius 2 is 2.24 bits per heavy atom. The molecule has 0 amide bonds. The first-order valence-corrected chi connectivity index (χ1v) is 4.49. The Kier molecular flexibility index (Phi) is 3.95. The number of aliphatic carboxylic acids is 1. The number of carbonyl (C=O) groups is 2. The summed E-state index contributed by atoms with van der Waals surface area (Å²) in [6, 6.07) is 3.90. The number of carboxylic acid groups (broad SMARTS) is 1. The summed E-state index contributed by atoms with van der Waals surface area (Å²) in [6.45, 7) is 0. The van der Waals surface area contributed by atoms with Crippen molar-refractivity contribution in [2.24, 2.45) is 0 Å². The molecule has 0 aliphatic carbocycles.